The fourth-order valence-electron chi connectivity index (χ4n) is 12.0. The molecular formula is C52H100O78P16-32. The molecule has 0 heterocycles. The van der Waals surface area contributed by atoms with Crippen LogP contribution in [0.4, 0.5) is 0 Å². The van der Waals surface area contributed by atoms with Gasteiger partial charge in [0.05, 0.1) is 227 Å². The van der Waals surface area contributed by atoms with Gasteiger partial charge in [-0.2, -0.15) is 0 Å². The highest BCUT2D eigenvalue weighted by Gasteiger charge is 2.59. The summed E-state index contributed by atoms with van der Waals surface area (Å²) in [5.41, 5.74) is 0. The quantitative estimate of drug-likeness (QED) is 0.0207. The van der Waals surface area contributed by atoms with Gasteiger partial charge in [0.1, 0.15) is 73.2 Å². The minimum Gasteiger partial charge on any atom is -0.790 e. The molecule has 4 saturated carbocycles. The highest BCUT2D eigenvalue weighted by molar-refractivity contribution is 7.47. The topological polar surface area (TPSA) is 1380 Å². The fraction of sp³-hybridized carbons (Fsp3) is 1.00. The van der Waals surface area contributed by atoms with Gasteiger partial charge >= 0.3 is 0 Å². The van der Waals surface area contributed by atoms with Crippen molar-refractivity contribution in [3.8, 4) is 0 Å². The van der Waals surface area contributed by atoms with Gasteiger partial charge in [0.15, 0.2) is 0 Å². The zero-order chi connectivity index (χ0) is 117. The van der Waals surface area contributed by atoms with Crippen molar-refractivity contribution < 1.29 is 371 Å². The van der Waals surface area contributed by atoms with Gasteiger partial charge in [-0.05, 0) is 55.4 Å². The Balaban J connectivity index is -0.000000550. The largest absolute Gasteiger partial charge is 0.790 e. The molecule has 94 heteroatoms. The van der Waals surface area contributed by atoms with Crippen LogP contribution in [0.1, 0.15) is 83.1 Å². The predicted molar refractivity (Wildman–Crippen MR) is 399 cm³/mol. The van der Waals surface area contributed by atoms with Crippen LogP contribution >= 0.6 is 125 Å². The number of rotatable bonds is 48. The summed E-state index contributed by atoms with van der Waals surface area (Å²) in [5.74, 6) is -8.33. The molecule has 0 radical (unpaired) electrons. The van der Waals surface area contributed by atoms with Gasteiger partial charge in [0.25, 0.3) is 0 Å². The van der Waals surface area contributed by atoms with Crippen molar-refractivity contribution in [2.45, 2.75) is 205 Å². The van der Waals surface area contributed by atoms with Crippen molar-refractivity contribution in [1.29, 1.82) is 0 Å². The van der Waals surface area contributed by atoms with Crippen molar-refractivity contribution in [2.24, 2.45) is 23.7 Å². The van der Waals surface area contributed by atoms with Gasteiger partial charge in [-0.1, -0.05) is 27.7 Å². The lowest BCUT2D eigenvalue weighted by Gasteiger charge is -2.55. The maximum Gasteiger partial charge on any atom is 0.121 e. The molecule has 0 amide bonds. The molecule has 0 aliphatic heterocycles. The van der Waals surface area contributed by atoms with Crippen LogP contribution in [0.2, 0.25) is 0 Å². The number of phosphoric ester groups is 16. The van der Waals surface area contributed by atoms with E-state index in [2.05, 4.69) is 72.4 Å². The van der Waals surface area contributed by atoms with E-state index in [-0.39, 0.29) is 52.9 Å². The highest BCUT2D eigenvalue weighted by Crippen LogP contribution is 2.56. The normalized spacial score (nSPS) is 27.4. The zero-order valence-corrected chi connectivity index (χ0v) is 90.8. The van der Waals surface area contributed by atoms with Crippen LogP contribution in [0.25, 0.3) is 0 Å². The number of hydrogen-bond donors (Lipinski definition) is 8. The van der Waals surface area contributed by atoms with Gasteiger partial charge in [-0.15, -0.1) is 0 Å². The van der Waals surface area contributed by atoms with Crippen LogP contribution in [0.5, 0.6) is 0 Å². The first-order chi connectivity index (χ1) is 65.4. The smallest absolute Gasteiger partial charge is 0.121 e. The third kappa shape index (κ3) is 77.6. The summed E-state index contributed by atoms with van der Waals surface area (Å²) in [6.45, 7) is 10.5. The molecule has 0 unspecified atom stereocenters. The molecule has 4 aliphatic rings. The second-order valence-electron chi connectivity index (χ2n) is 26.8. The SMILES string of the molecule is CCO.CCO.CCO.CCO.CCO.CCO.CCO.CCO.C[C@@H]1[C@@H](OP(=O)([O-])[O-])[C@@H](OP(=O)([O-])[O-])[C@@H](OP(=O)([O-])[O-])[C@H](OP(=O)([O-])[O-])[C@H]1OCCOCCO[C@H]1[C@@H](OP(=O)([O-])[O-])[C@H](OP(=O)([O-])[O-])[C@@H](OP(=O)([O-])[O-])[C@H](C)[C@H]1OP(=O)([O-])[O-].C[C@@H]1[C@@H](OP(=O)([O-])[O-])[C@@H](OP(=O)([O-])[O-])[C@@H](OP(=O)([O-])[O-])[C@H](OP(=O)([O-])[O-])[C@H]1OCCOCCO[C@H]1[C@@H](OP(=O)([O-])[O-])[C@H](OP(=O)([O-])[O-])[C@@H](OP(=O)([O-])[O-])[C@H](C)[C@H]1OP(=O)([O-])[O-]. The number of hydrogen-bond acceptors (Lipinski definition) is 78. The molecule has 146 heavy (non-hydrogen) atoms. The summed E-state index contributed by atoms with van der Waals surface area (Å²) < 4.78 is 281. The fourth-order valence-corrected chi connectivity index (χ4v) is 21.0. The Kier molecular flexibility index (Phi) is 77.6. The Hall–Kier alpha value is 1.20. The molecule has 0 aromatic heterocycles. The summed E-state index contributed by atoms with van der Waals surface area (Å²) in [5, 5.41) is 60.6. The summed E-state index contributed by atoms with van der Waals surface area (Å²) >= 11 is 0. The molecule has 24 atom stereocenters. The number of phosphoric acid groups is 16. The van der Waals surface area contributed by atoms with E-state index in [4.69, 9.17) is 69.3 Å². The standard InChI is InChI=1S/2C18H42O35P8.8C2H6O/c2*1-7-9(14(49-57(28,29)30)18(53-61(40,41)42)16(51-59(34,35)36)11(7)47-55(22,23)24)44-5-3-43-4-6-45-13-10(46-54(19,20)21)8(2)12(48-56(25,26)27)15(50-58(31,32)33)17(13)52-60(37,38)39;8*1-2-3/h2*7-18H,3-6H2,1-2H3,(H2,19,20,21)(H2,22,23,24)(H2,25,26,27)(H2,28,29,30)(H2,31,32,33)(H2,34,35,36)(H2,37,38,39)(H2,40,41,42);8*3H,2H2,1H3/p-32/t2*7-,8+,9-,10+,11+,12-,13+,14+,15+,16+,17+,18-;;;;;;;;/m00......../s1. The molecular weight excluding hydrogens is 2370 g/mol. The Bertz CT molecular complexity index is 4080. The Labute approximate surface area is 827 Å². The van der Waals surface area contributed by atoms with Crippen molar-refractivity contribution in [1.82, 2.24) is 0 Å². The van der Waals surface area contributed by atoms with Crippen LogP contribution in [-0.4, -0.2) is 269 Å². The molecule has 0 bridgehead atoms. The maximum atomic E-state index is 11.6. The molecule has 4 aliphatic carbocycles. The van der Waals surface area contributed by atoms with E-state index in [0.29, 0.717) is 13.8 Å². The van der Waals surface area contributed by atoms with Gasteiger partial charge < -0.3 is 371 Å². The Morgan fingerprint density at radius 3 is 0.336 bits per heavy atom. The molecule has 78 nitrogen and oxygen atoms in total. The van der Waals surface area contributed by atoms with Crippen LogP contribution in [0, 0.1) is 23.7 Å². The second kappa shape index (κ2) is 71.8. The third-order valence-electron chi connectivity index (χ3n) is 15.5. The van der Waals surface area contributed by atoms with E-state index in [1.54, 1.807) is 55.4 Å². The first-order valence-electron chi connectivity index (χ1n) is 39.2. The van der Waals surface area contributed by atoms with Crippen molar-refractivity contribution in [3.05, 3.63) is 0 Å². The van der Waals surface area contributed by atoms with Gasteiger partial charge in [-0.3, -0.25) is 0 Å². The lowest BCUT2D eigenvalue weighted by molar-refractivity contribution is -0.378. The van der Waals surface area contributed by atoms with E-state index in [0.717, 1.165) is 13.8 Å². The van der Waals surface area contributed by atoms with Crippen LogP contribution < -0.4 is 157 Å². The molecule has 4 rings (SSSR count). The summed E-state index contributed by atoms with van der Waals surface area (Å²) in [6, 6.07) is 0. The average molecular weight is 2470 g/mol. The number of aliphatic hydroxyl groups excluding tert-OH is 8. The lowest BCUT2D eigenvalue weighted by atomic mass is 9.79. The summed E-state index contributed by atoms with van der Waals surface area (Å²) in [7, 11) is -103. The van der Waals surface area contributed by atoms with Gasteiger partial charge in [-0.25, -0.2) is 0 Å². The van der Waals surface area contributed by atoms with E-state index < -0.39 is 324 Å². The zero-order valence-electron chi connectivity index (χ0n) is 76.5. The first-order valence-corrected chi connectivity index (χ1v) is 62.6. The monoisotopic (exact) mass is 2470 g/mol. The highest BCUT2D eigenvalue weighted by atomic mass is 31.2. The molecule has 0 spiro atoms. The number of ether oxygens (including phenoxy) is 6. The lowest BCUT2D eigenvalue weighted by Crippen LogP contribution is -2.64. The molecule has 0 aromatic carbocycles. The maximum absolute atomic E-state index is 11.6. The Morgan fingerprint density at radius 1 is 0.144 bits per heavy atom. The Morgan fingerprint density at radius 2 is 0.219 bits per heavy atom. The van der Waals surface area contributed by atoms with E-state index in [1.165, 1.54) is 0 Å². The predicted octanol–water partition coefficient (Wildman–Crippen LogP) is -26.4. The van der Waals surface area contributed by atoms with Crippen molar-refractivity contribution in [3.63, 3.8) is 0 Å². The molecule has 0 aromatic rings. The number of aliphatic hydroxyl groups is 8. The van der Waals surface area contributed by atoms with Gasteiger partial charge in [0.2, 0.25) is 0 Å². The molecule has 4 fully saturated rings. The molecule has 0 saturated heterocycles. The van der Waals surface area contributed by atoms with Crippen molar-refractivity contribution in [2.75, 3.05) is 106 Å². The molecule has 8 N–H and O–H groups in total. The molecule has 888 valence electrons. The van der Waals surface area contributed by atoms with E-state index in [1.807, 2.05) is 0 Å². The third-order valence-corrected chi connectivity index (χ3v) is 23.5. The van der Waals surface area contributed by atoms with Crippen LogP contribution in [0.15, 0.2) is 0 Å². The van der Waals surface area contributed by atoms with E-state index in [9.17, 15) is 230 Å². The summed E-state index contributed by atoms with van der Waals surface area (Å²) in [6.07, 6.45) is -56.0. The first kappa shape index (κ1) is 158. The average Bonchev–Trinajstić information content (AvgIpc) is 0.764. The van der Waals surface area contributed by atoms with Crippen LogP contribution in [-0.2, 0) is 174 Å². The minimum atomic E-state index is -6.52. The minimum absolute atomic E-state index is 0.250. The summed E-state index contributed by atoms with van der Waals surface area (Å²) in [4.78, 5) is 369. The van der Waals surface area contributed by atoms with Gasteiger partial charge in [0, 0.05) is 76.5 Å². The van der Waals surface area contributed by atoms with Crippen LogP contribution in [0.3, 0.4) is 0 Å². The second-order valence-corrected chi connectivity index (χ2v) is 44.5. The van der Waals surface area contributed by atoms with Crippen molar-refractivity contribution >= 4 is 125 Å². The van der Waals surface area contributed by atoms with E-state index >= 15 is 0 Å².